The van der Waals surface area contributed by atoms with Gasteiger partial charge in [0.05, 0.1) is 18.6 Å². The molecule has 0 aliphatic heterocycles. The molecule has 20 heavy (non-hydrogen) atoms. The second-order valence-corrected chi connectivity index (χ2v) is 4.64. The van der Waals surface area contributed by atoms with Gasteiger partial charge < -0.3 is 4.74 Å². The summed E-state index contributed by atoms with van der Waals surface area (Å²) in [7, 11) is 1.55. The summed E-state index contributed by atoms with van der Waals surface area (Å²) in [5.41, 5.74) is 0.849. The molecule has 0 amide bonds. The van der Waals surface area contributed by atoms with Crippen LogP contribution in [0.1, 0.15) is 27.1 Å². The molecule has 0 aliphatic carbocycles. The first kappa shape index (κ1) is 14.3. The van der Waals surface area contributed by atoms with E-state index in [0.717, 1.165) is 0 Å². The molecule has 0 aliphatic rings. The van der Waals surface area contributed by atoms with E-state index in [1.54, 1.807) is 55.6 Å². The fraction of sp³-hybridized carbons (Fsp3) is 0.125. The number of ketones is 2. The number of hydrogen-bond donors (Lipinski definition) is 0. The zero-order chi connectivity index (χ0) is 14.5. The van der Waals surface area contributed by atoms with Gasteiger partial charge in [-0.3, -0.25) is 9.59 Å². The zero-order valence-corrected chi connectivity index (χ0v) is 11.7. The molecule has 0 unspecified atom stereocenters. The van der Waals surface area contributed by atoms with E-state index in [0.29, 0.717) is 21.9 Å². The van der Waals surface area contributed by atoms with Crippen LogP contribution in [0.5, 0.6) is 5.75 Å². The molecule has 0 saturated carbocycles. The summed E-state index contributed by atoms with van der Waals surface area (Å²) in [6.45, 7) is 0. The highest BCUT2D eigenvalue weighted by Crippen LogP contribution is 2.18. The number of carbonyl (C=O) groups is 2. The van der Waals surface area contributed by atoms with Gasteiger partial charge in [-0.1, -0.05) is 23.7 Å². The summed E-state index contributed by atoms with van der Waals surface area (Å²) in [4.78, 5) is 24.1. The molecule has 0 bridgehead atoms. The highest BCUT2D eigenvalue weighted by molar-refractivity contribution is 6.34. The average molecular weight is 289 g/mol. The summed E-state index contributed by atoms with van der Waals surface area (Å²) in [5.74, 6) is 0.146. The second kappa shape index (κ2) is 6.35. The molecule has 4 heteroatoms. The maximum atomic E-state index is 12.0. The lowest BCUT2D eigenvalue weighted by Gasteiger charge is -2.04. The molecule has 0 atom stereocenters. The third kappa shape index (κ3) is 3.25. The topological polar surface area (TPSA) is 43.4 Å². The van der Waals surface area contributed by atoms with E-state index in [4.69, 9.17) is 16.3 Å². The highest BCUT2D eigenvalue weighted by atomic mass is 35.5. The highest BCUT2D eigenvalue weighted by Gasteiger charge is 2.15. The first-order chi connectivity index (χ1) is 9.61. The fourth-order valence-electron chi connectivity index (χ4n) is 1.81. The Kier molecular flexibility index (Phi) is 4.53. The van der Waals surface area contributed by atoms with Crippen molar-refractivity contribution < 1.29 is 14.3 Å². The van der Waals surface area contributed by atoms with Crippen LogP contribution in [0.4, 0.5) is 0 Å². The van der Waals surface area contributed by atoms with Crippen molar-refractivity contribution in [1.29, 1.82) is 0 Å². The van der Waals surface area contributed by atoms with Gasteiger partial charge in [-0.15, -0.1) is 0 Å². The van der Waals surface area contributed by atoms with E-state index in [-0.39, 0.29) is 18.0 Å². The van der Waals surface area contributed by atoms with Gasteiger partial charge >= 0.3 is 0 Å². The lowest BCUT2D eigenvalue weighted by Crippen LogP contribution is -2.09. The summed E-state index contributed by atoms with van der Waals surface area (Å²) >= 11 is 5.94. The quantitative estimate of drug-likeness (QED) is 0.621. The van der Waals surface area contributed by atoms with Crippen LogP contribution < -0.4 is 4.74 Å². The number of hydrogen-bond acceptors (Lipinski definition) is 3. The van der Waals surface area contributed by atoms with Crippen LogP contribution in [0.25, 0.3) is 0 Å². The number of ether oxygens (including phenoxy) is 1. The summed E-state index contributed by atoms with van der Waals surface area (Å²) in [5, 5.41) is 0.361. The van der Waals surface area contributed by atoms with Crippen LogP contribution in [-0.4, -0.2) is 18.7 Å². The molecular formula is C16H13ClO3. The number of benzene rings is 2. The minimum absolute atomic E-state index is 0.198. The summed E-state index contributed by atoms with van der Waals surface area (Å²) < 4.78 is 5.02. The average Bonchev–Trinajstić information content (AvgIpc) is 2.47. The molecule has 2 aromatic rings. The van der Waals surface area contributed by atoms with Crippen molar-refractivity contribution >= 4 is 23.2 Å². The lowest BCUT2D eigenvalue weighted by atomic mass is 10.0. The molecule has 0 spiro atoms. The number of halogens is 1. The summed E-state index contributed by atoms with van der Waals surface area (Å²) in [6.07, 6.45) is -0.198. The van der Waals surface area contributed by atoms with E-state index < -0.39 is 0 Å². The van der Waals surface area contributed by atoms with Gasteiger partial charge in [-0.25, -0.2) is 0 Å². The third-order valence-corrected chi connectivity index (χ3v) is 3.24. The van der Waals surface area contributed by atoms with Gasteiger partial charge in [-0.2, -0.15) is 0 Å². The molecule has 0 aromatic heterocycles. The minimum Gasteiger partial charge on any atom is -0.497 e. The molecule has 0 saturated heterocycles. The van der Waals surface area contributed by atoms with Crippen molar-refractivity contribution in [2.45, 2.75) is 6.42 Å². The molecule has 0 N–H and O–H groups in total. The van der Waals surface area contributed by atoms with E-state index in [1.165, 1.54) is 0 Å². The normalized spacial score (nSPS) is 10.1. The molecule has 3 nitrogen and oxygen atoms in total. The number of carbonyl (C=O) groups excluding carboxylic acids is 2. The van der Waals surface area contributed by atoms with Crippen LogP contribution in [0.3, 0.4) is 0 Å². The van der Waals surface area contributed by atoms with Crippen LogP contribution in [0.15, 0.2) is 48.5 Å². The smallest absolute Gasteiger partial charge is 0.172 e. The van der Waals surface area contributed by atoms with Crippen molar-refractivity contribution in [3.05, 3.63) is 64.7 Å². The predicted molar refractivity (Wildman–Crippen MR) is 77.7 cm³/mol. The van der Waals surface area contributed by atoms with E-state index >= 15 is 0 Å². The Morgan fingerprint density at radius 3 is 2.25 bits per heavy atom. The Balaban J connectivity index is 2.11. The molecule has 102 valence electrons. The second-order valence-electron chi connectivity index (χ2n) is 4.23. The maximum Gasteiger partial charge on any atom is 0.172 e. The molecule has 2 rings (SSSR count). The van der Waals surface area contributed by atoms with Crippen LogP contribution in [-0.2, 0) is 0 Å². The standard InChI is InChI=1S/C16H13ClO3/c1-20-12-8-6-11(7-9-12)15(18)10-16(19)13-4-2-3-5-14(13)17/h2-9H,10H2,1H3. The maximum absolute atomic E-state index is 12.0. The Hall–Kier alpha value is -2.13. The van der Waals surface area contributed by atoms with Gasteiger partial charge in [0.2, 0.25) is 0 Å². The molecule has 0 heterocycles. The van der Waals surface area contributed by atoms with Gasteiger partial charge in [0, 0.05) is 11.1 Å². The van der Waals surface area contributed by atoms with Gasteiger partial charge in [0.1, 0.15) is 5.75 Å². The fourth-order valence-corrected chi connectivity index (χ4v) is 2.05. The summed E-state index contributed by atoms with van der Waals surface area (Å²) in [6, 6.07) is 13.4. The Morgan fingerprint density at radius 2 is 1.65 bits per heavy atom. The van der Waals surface area contributed by atoms with Crippen molar-refractivity contribution in [2.75, 3.05) is 7.11 Å². The lowest BCUT2D eigenvalue weighted by molar-refractivity contribution is 0.0894. The van der Waals surface area contributed by atoms with Crippen molar-refractivity contribution in [3.8, 4) is 5.75 Å². The van der Waals surface area contributed by atoms with Gasteiger partial charge in [0.15, 0.2) is 11.6 Å². The molecular weight excluding hydrogens is 276 g/mol. The van der Waals surface area contributed by atoms with Gasteiger partial charge in [0.25, 0.3) is 0 Å². The SMILES string of the molecule is COc1ccc(C(=O)CC(=O)c2ccccc2Cl)cc1. The largest absolute Gasteiger partial charge is 0.497 e. The Labute approximate surface area is 122 Å². The number of Topliss-reactive ketones (excluding diaryl/α,β-unsaturated/α-hetero) is 2. The molecule has 0 radical (unpaired) electrons. The van der Waals surface area contributed by atoms with E-state index in [1.807, 2.05) is 0 Å². The minimum atomic E-state index is -0.281. The van der Waals surface area contributed by atoms with E-state index in [2.05, 4.69) is 0 Å². The third-order valence-electron chi connectivity index (χ3n) is 2.91. The predicted octanol–water partition coefficient (Wildman–Crippen LogP) is 3.80. The Morgan fingerprint density at radius 1 is 1.00 bits per heavy atom. The number of methoxy groups -OCH3 is 1. The first-order valence-corrected chi connectivity index (χ1v) is 6.44. The molecule has 2 aromatic carbocycles. The van der Waals surface area contributed by atoms with Crippen LogP contribution in [0, 0.1) is 0 Å². The first-order valence-electron chi connectivity index (χ1n) is 6.07. The Bertz CT molecular complexity index is 632. The van der Waals surface area contributed by atoms with Crippen molar-refractivity contribution in [2.24, 2.45) is 0 Å². The zero-order valence-electron chi connectivity index (χ0n) is 10.9. The van der Waals surface area contributed by atoms with Gasteiger partial charge in [-0.05, 0) is 36.4 Å². The van der Waals surface area contributed by atoms with Crippen LogP contribution in [0.2, 0.25) is 5.02 Å². The number of rotatable bonds is 5. The van der Waals surface area contributed by atoms with Crippen molar-refractivity contribution in [3.63, 3.8) is 0 Å². The molecule has 0 fully saturated rings. The monoisotopic (exact) mass is 288 g/mol. The van der Waals surface area contributed by atoms with Crippen molar-refractivity contribution in [1.82, 2.24) is 0 Å². The van der Waals surface area contributed by atoms with Crippen LogP contribution >= 0.6 is 11.6 Å². The van der Waals surface area contributed by atoms with E-state index in [9.17, 15) is 9.59 Å².